The average molecular weight is 404 g/mol. The van der Waals surface area contributed by atoms with E-state index in [0.29, 0.717) is 30.0 Å². The zero-order chi connectivity index (χ0) is 20.5. The molecule has 6 nitrogen and oxygen atoms in total. The fourth-order valence-electron chi connectivity index (χ4n) is 4.11. The lowest BCUT2D eigenvalue weighted by atomic mass is 9.94. The fourth-order valence-corrected chi connectivity index (χ4v) is 4.11. The molecular weight excluding hydrogens is 383 g/mol. The molecule has 3 aromatic heterocycles. The van der Waals surface area contributed by atoms with Crippen molar-refractivity contribution < 1.29 is 13.7 Å². The van der Waals surface area contributed by atoms with Crippen LogP contribution in [0.3, 0.4) is 0 Å². The van der Waals surface area contributed by atoms with Crippen LogP contribution in [0.5, 0.6) is 0 Å². The summed E-state index contributed by atoms with van der Waals surface area (Å²) in [4.78, 5) is 19.3. The molecule has 1 aromatic carbocycles. The minimum atomic E-state index is -0.376. The third-order valence-corrected chi connectivity index (χ3v) is 5.60. The van der Waals surface area contributed by atoms with E-state index in [1.54, 1.807) is 18.2 Å². The Hall–Kier alpha value is -3.48. The number of carbonyl (C=O) groups excluding carboxylic acids is 1. The molecule has 1 amide bonds. The number of amides is 1. The zero-order valence-corrected chi connectivity index (χ0v) is 16.4. The minimum absolute atomic E-state index is 0.0426. The van der Waals surface area contributed by atoms with Gasteiger partial charge in [0.05, 0.1) is 11.1 Å². The van der Waals surface area contributed by atoms with Crippen molar-refractivity contribution in [3.63, 3.8) is 0 Å². The predicted octanol–water partition coefficient (Wildman–Crippen LogP) is 4.22. The molecule has 1 aliphatic heterocycles. The summed E-state index contributed by atoms with van der Waals surface area (Å²) in [6, 6.07) is 14.2. The van der Waals surface area contributed by atoms with Crippen molar-refractivity contribution in [3.05, 3.63) is 78.2 Å². The standard InChI is InChI=1S/C23H21FN4O2/c24-20-9-2-1-8-19(20)22-25-21(30-26-22)12-16-6-5-11-28(14-16)23(29)17-13-18-7-3-4-10-27(18)15-17/h1-4,7-10,13,15-16H,5-6,11-12,14H2. The zero-order valence-electron chi connectivity index (χ0n) is 16.4. The summed E-state index contributed by atoms with van der Waals surface area (Å²) in [5.41, 5.74) is 2.02. The number of hydrogen-bond acceptors (Lipinski definition) is 4. The molecule has 30 heavy (non-hydrogen) atoms. The molecule has 4 heterocycles. The largest absolute Gasteiger partial charge is 0.339 e. The molecular formula is C23H21FN4O2. The van der Waals surface area contributed by atoms with Crippen LogP contribution in [0, 0.1) is 11.7 Å². The molecule has 0 saturated carbocycles. The number of pyridine rings is 1. The highest BCUT2D eigenvalue weighted by atomic mass is 19.1. The molecule has 0 spiro atoms. The van der Waals surface area contributed by atoms with Crippen LogP contribution in [0.25, 0.3) is 16.9 Å². The Morgan fingerprint density at radius 1 is 1.20 bits per heavy atom. The second kappa shape index (κ2) is 7.74. The maximum absolute atomic E-state index is 14.0. The van der Waals surface area contributed by atoms with Gasteiger partial charge in [-0.3, -0.25) is 4.79 Å². The van der Waals surface area contributed by atoms with E-state index in [1.807, 2.05) is 46.0 Å². The normalized spacial score (nSPS) is 16.8. The number of nitrogens with zero attached hydrogens (tertiary/aromatic N) is 4. The van der Waals surface area contributed by atoms with Gasteiger partial charge in [-0.1, -0.05) is 23.4 Å². The topological polar surface area (TPSA) is 63.6 Å². The number of halogens is 1. The summed E-state index contributed by atoms with van der Waals surface area (Å²) in [5, 5.41) is 3.93. The van der Waals surface area contributed by atoms with Gasteiger partial charge in [0.2, 0.25) is 11.7 Å². The van der Waals surface area contributed by atoms with Gasteiger partial charge in [0.1, 0.15) is 5.82 Å². The molecule has 1 unspecified atom stereocenters. The number of aromatic nitrogens is 3. The molecule has 4 aromatic rings. The third-order valence-electron chi connectivity index (χ3n) is 5.60. The van der Waals surface area contributed by atoms with Crippen molar-refractivity contribution in [1.29, 1.82) is 0 Å². The van der Waals surface area contributed by atoms with Crippen LogP contribution in [0.4, 0.5) is 4.39 Å². The molecule has 0 radical (unpaired) electrons. The van der Waals surface area contributed by atoms with Gasteiger partial charge in [-0.15, -0.1) is 0 Å². The Bertz CT molecular complexity index is 1170. The number of hydrogen-bond donors (Lipinski definition) is 0. The second-order valence-corrected chi connectivity index (χ2v) is 7.72. The van der Waals surface area contributed by atoms with Gasteiger partial charge >= 0.3 is 0 Å². The molecule has 0 aliphatic carbocycles. The Labute approximate surface area is 172 Å². The van der Waals surface area contributed by atoms with Crippen molar-refractivity contribution in [2.45, 2.75) is 19.3 Å². The second-order valence-electron chi connectivity index (χ2n) is 7.72. The van der Waals surface area contributed by atoms with Crippen molar-refractivity contribution >= 4 is 11.4 Å². The molecule has 0 N–H and O–H groups in total. The molecule has 1 aliphatic rings. The SMILES string of the molecule is O=C(c1cc2ccccn2c1)N1CCCC(Cc2nc(-c3ccccc3F)no2)C1. The monoisotopic (exact) mass is 404 g/mol. The quantitative estimate of drug-likeness (QED) is 0.511. The average Bonchev–Trinajstić information content (AvgIpc) is 3.41. The van der Waals surface area contributed by atoms with Crippen LogP contribution in [0.15, 0.2) is 65.4 Å². The van der Waals surface area contributed by atoms with Crippen molar-refractivity contribution in [1.82, 2.24) is 19.4 Å². The van der Waals surface area contributed by atoms with Crippen LogP contribution < -0.4 is 0 Å². The van der Waals surface area contributed by atoms with Gasteiger partial charge in [-0.05, 0) is 49.1 Å². The van der Waals surface area contributed by atoms with E-state index in [2.05, 4.69) is 10.1 Å². The highest BCUT2D eigenvalue weighted by molar-refractivity contribution is 5.95. The molecule has 1 saturated heterocycles. The first-order valence-electron chi connectivity index (χ1n) is 10.1. The third kappa shape index (κ3) is 3.58. The predicted molar refractivity (Wildman–Crippen MR) is 109 cm³/mol. The summed E-state index contributed by atoms with van der Waals surface area (Å²) in [6.45, 7) is 1.38. The molecule has 1 atom stereocenters. The maximum Gasteiger partial charge on any atom is 0.255 e. The molecule has 7 heteroatoms. The Morgan fingerprint density at radius 3 is 2.93 bits per heavy atom. The molecule has 5 rings (SSSR count). The van der Waals surface area contributed by atoms with Crippen molar-refractivity contribution in [2.24, 2.45) is 5.92 Å². The number of likely N-dealkylation sites (tertiary alicyclic amines) is 1. The van der Waals surface area contributed by atoms with E-state index in [0.717, 1.165) is 24.9 Å². The van der Waals surface area contributed by atoms with E-state index >= 15 is 0 Å². The number of fused-ring (bicyclic) bond motifs is 1. The minimum Gasteiger partial charge on any atom is -0.339 e. The lowest BCUT2D eigenvalue weighted by molar-refractivity contribution is 0.0668. The van der Waals surface area contributed by atoms with Crippen LogP contribution in [-0.2, 0) is 6.42 Å². The van der Waals surface area contributed by atoms with E-state index in [9.17, 15) is 9.18 Å². The summed E-state index contributed by atoms with van der Waals surface area (Å²) in [5.74, 6) is 0.628. The smallest absolute Gasteiger partial charge is 0.255 e. The Kier molecular flexibility index (Phi) is 4.78. The summed E-state index contributed by atoms with van der Waals surface area (Å²) in [6.07, 6.45) is 6.30. The van der Waals surface area contributed by atoms with Gasteiger partial charge < -0.3 is 13.8 Å². The summed E-state index contributed by atoms with van der Waals surface area (Å²) < 4.78 is 21.3. The van der Waals surface area contributed by atoms with Crippen LogP contribution in [0.1, 0.15) is 29.1 Å². The van der Waals surface area contributed by atoms with Crippen molar-refractivity contribution in [2.75, 3.05) is 13.1 Å². The lowest BCUT2D eigenvalue weighted by Gasteiger charge is -2.32. The van der Waals surface area contributed by atoms with Crippen molar-refractivity contribution in [3.8, 4) is 11.4 Å². The number of piperidine rings is 1. The summed E-state index contributed by atoms with van der Waals surface area (Å²) in [7, 11) is 0. The van der Waals surface area contributed by atoms with Gasteiger partial charge in [0.15, 0.2) is 0 Å². The molecule has 0 bridgehead atoms. The van der Waals surface area contributed by atoms with Crippen LogP contribution in [0.2, 0.25) is 0 Å². The van der Waals surface area contributed by atoms with Gasteiger partial charge in [-0.25, -0.2) is 4.39 Å². The first-order chi connectivity index (χ1) is 14.7. The van der Waals surface area contributed by atoms with E-state index in [1.165, 1.54) is 6.07 Å². The van der Waals surface area contributed by atoms with Crippen LogP contribution in [-0.4, -0.2) is 38.4 Å². The summed E-state index contributed by atoms with van der Waals surface area (Å²) >= 11 is 0. The van der Waals surface area contributed by atoms with Gasteiger partial charge in [-0.2, -0.15) is 4.98 Å². The first kappa shape index (κ1) is 18.5. The first-order valence-corrected chi connectivity index (χ1v) is 10.1. The van der Waals surface area contributed by atoms with E-state index < -0.39 is 0 Å². The highest BCUT2D eigenvalue weighted by Gasteiger charge is 2.27. The van der Waals surface area contributed by atoms with E-state index in [-0.39, 0.29) is 23.5 Å². The number of benzene rings is 1. The maximum atomic E-state index is 14.0. The Morgan fingerprint density at radius 2 is 2.07 bits per heavy atom. The van der Waals surface area contributed by atoms with Gasteiger partial charge in [0.25, 0.3) is 5.91 Å². The van der Waals surface area contributed by atoms with Crippen LogP contribution >= 0.6 is 0 Å². The van der Waals surface area contributed by atoms with Gasteiger partial charge in [0, 0.05) is 37.4 Å². The van der Waals surface area contributed by atoms with E-state index in [4.69, 9.17) is 4.52 Å². The number of carbonyl (C=O) groups is 1. The molecule has 152 valence electrons. The number of rotatable bonds is 4. The fraction of sp³-hybridized carbons (Fsp3) is 0.261. The molecule has 1 fully saturated rings. The lowest BCUT2D eigenvalue weighted by Crippen LogP contribution is -2.40. The highest BCUT2D eigenvalue weighted by Crippen LogP contribution is 2.24. The Balaban J connectivity index is 1.28.